The fraction of sp³-hybridized carbons (Fsp3) is 0.800. The third kappa shape index (κ3) is 5.55. The summed E-state index contributed by atoms with van der Waals surface area (Å²) in [6, 6.07) is -0.807. The number of carboxylic acid groups (broad SMARTS) is 1. The largest absolute Gasteiger partial charge is 0.480 e. The van der Waals surface area contributed by atoms with Crippen LogP contribution >= 0.6 is 0 Å². The summed E-state index contributed by atoms with van der Waals surface area (Å²) in [6.07, 6.45) is 3.46. The molecular weight excluding hydrogens is 212 g/mol. The van der Waals surface area contributed by atoms with Crippen molar-refractivity contribution in [1.29, 1.82) is 0 Å². The summed E-state index contributed by atoms with van der Waals surface area (Å²) in [7, 11) is 0. The zero-order valence-corrected chi connectivity index (χ0v) is 9.15. The summed E-state index contributed by atoms with van der Waals surface area (Å²) in [5.74, 6) is -0.985. The summed E-state index contributed by atoms with van der Waals surface area (Å²) in [5, 5.41) is 11.1. The van der Waals surface area contributed by atoms with Crippen LogP contribution < -0.4 is 11.1 Å². The second kappa shape index (κ2) is 6.32. The number of hydrogen-bond acceptors (Lipinski definition) is 4. The van der Waals surface area contributed by atoms with E-state index in [1.54, 1.807) is 0 Å². The van der Waals surface area contributed by atoms with Gasteiger partial charge in [0, 0.05) is 6.54 Å². The lowest BCUT2D eigenvalue weighted by Gasteiger charge is -2.07. The van der Waals surface area contributed by atoms with Gasteiger partial charge in [-0.15, -0.1) is 0 Å². The van der Waals surface area contributed by atoms with Crippen LogP contribution in [-0.4, -0.2) is 35.9 Å². The van der Waals surface area contributed by atoms with Gasteiger partial charge in [-0.05, 0) is 32.1 Å². The summed E-state index contributed by atoms with van der Waals surface area (Å²) in [4.78, 5) is 21.4. The molecule has 0 heterocycles. The topological polar surface area (TPSA) is 102 Å². The molecule has 1 rings (SSSR count). The maximum atomic E-state index is 11.0. The Morgan fingerprint density at radius 2 is 2.12 bits per heavy atom. The van der Waals surface area contributed by atoms with Crippen LogP contribution in [0.4, 0.5) is 4.79 Å². The van der Waals surface area contributed by atoms with Gasteiger partial charge in [0.05, 0.1) is 0 Å². The Hall–Kier alpha value is -1.30. The van der Waals surface area contributed by atoms with Crippen LogP contribution in [0.1, 0.15) is 32.1 Å². The van der Waals surface area contributed by atoms with Crippen molar-refractivity contribution in [3.05, 3.63) is 0 Å². The van der Waals surface area contributed by atoms with E-state index in [9.17, 15) is 9.59 Å². The third-order valence-corrected chi connectivity index (χ3v) is 2.33. The zero-order valence-electron chi connectivity index (χ0n) is 9.15. The van der Waals surface area contributed by atoms with E-state index in [4.69, 9.17) is 15.6 Å². The Morgan fingerprint density at radius 3 is 2.69 bits per heavy atom. The van der Waals surface area contributed by atoms with Gasteiger partial charge in [0.25, 0.3) is 0 Å². The molecule has 1 atom stereocenters. The van der Waals surface area contributed by atoms with Crippen LogP contribution in [0.2, 0.25) is 0 Å². The van der Waals surface area contributed by atoms with Gasteiger partial charge in [0.1, 0.15) is 12.1 Å². The number of hydrogen-bond donors (Lipinski definition) is 3. The van der Waals surface area contributed by atoms with Crippen LogP contribution in [0, 0.1) is 0 Å². The Kier molecular flexibility index (Phi) is 5.04. The van der Waals surface area contributed by atoms with Crippen molar-refractivity contribution < 1.29 is 19.4 Å². The van der Waals surface area contributed by atoms with Gasteiger partial charge in [0.2, 0.25) is 0 Å². The molecule has 1 fully saturated rings. The molecule has 16 heavy (non-hydrogen) atoms. The first-order valence-corrected chi connectivity index (χ1v) is 5.52. The highest BCUT2D eigenvalue weighted by molar-refractivity contribution is 5.72. The van der Waals surface area contributed by atoms with E-state index in [1.807, 2.05) is 0 Å². The number of carbonyl (C=O) groups excluding carboxylic acids is 1. The van der Waals surface area contributed by atoms with E-state index in [0.717, 1.165) is 12.8 Å². The minimum absolute atomic E-state index is 0.112. The molecule has 1 saturated carbocycles. The lowest BCUT2D eigenvalue weighted by atomic mass is 10.1. The SMILES string of the molecule is N[C@@H](CCCCNC(=O)OC1CC1)C(=O)O. The normalized spacial score (nSPS) is 16.6. The first kappa shape index (κ1) is 12.8. The Balaban J connectivity index is 1.90. The molecule has 1 aliphatic carbocycles. The van der Waals surface area contributed by atoms with Gasteiger partial charge >= 0.3 is 12.1 Å². The number of rotatable bonds is 7. The number of carbonyl (C=O) groups is 2. The zero-order chi connectivity index (χ0) is 12.0. The fourth-order valence-corrected chi connectivity index (χ4v) is 1.18. The summed E-state index contributed by atoms with van der Waals surface area (Å²) < 4.78 is 4.96. The van der Waals surface area contributed by atoms with Gasteiger partial charge in [-0.1, -0.05) is 0 Å². The van der Waals surface area contributed by atoms with Crippen LogP contribution in [-0.2, 0) is 9.53 Å². The molecule has 0 spiro atoms. The smallest absolute Gasteiger partial charge is 0.407 e. The van der Waals surface area contributed by atoms with Crippen molar-refractivity contribution in [2.75, 3.05) is 6.54 Å². The first-order valence-electron chi connectivity index (χ1n) is 5.52. The van der Waals surface area contributed by atoms with Crippen LogP contribution in [0.25, 0.3) is 0 Å². The van der Waals surface area contributed by atoms with Gasteiger partial charge < -0.3 is 20.9 Å². The quantitative estimate of drug-likeness (QED) is 0.551. The predicted octanol–water partition coefficient (Wildman–Crippen LogP) is 0.457. The van der Waals surface area contributed by atoms with E-state index in [2.05, 4.69) is 5.32 Å². The van der Waals surface area contributed by atoms with Gasteiger partial charge in [-0.2, -0.15) is 0 Å². The van der Waals surface area contributed by atoms with E-state index >= 15 is 0 Å². The molecule has 4 N–H and O–H groups in total. The van der Waals surface area contributed by atoms with Gasteiger partial charge in [-0.3, -0.25) is 4.79 Å². The first-order chi connectivity index (χ1) is 7.59. The van der Waals surface area contributed by atoms with E-state index in [-0.39, 0.29) is 12.2 Å². The molecule has 0 aromatic carbocycles. The molecule has 0 aromatic rings. The Morgan fingerprint density at radius 1 is 1.44 bits per heavy atom. The van der Waals surface area contributed by atoms with Crippen molar-refractivity contribution in [2.24, 2.45) is 5.73 Å². The number of ether oxygens (including phenoxy) is 1. The summed E-state index contributed by atoms with van der Waals surface area (Å²) in [5.41, 5.74) is 5.32. The molecule has 0 bridgehead atoms. The molecular formula is C10H18N2O4. The highest BCUT2D eigenvalue weighted by Crippen LogP contribution is 2.23. The Bertz CT molecular complexity index is 253. The molecule has 0 aromatic heterocycles. The van der Waals surface area contributed by atoms with Crippen LogP contribution in [0.15, 0.2) is 0 Å². The highest BCUT2D eigenvalue weighted by Gasteiger charge is 2.25. The van der Waals surface area contributed by atoms with E-state index < -0.39 is 12.0 Å². The number of alkyl carbamates (subject to hydrolysis) is 1. The average molecular weight is 230 g/mol. The highest BCUT2D eigenvalue weighted by atomic mass is 16.6. The minimum atomic E-state index is -0.985. The molecule has 0 aliphatic heterocycles. The van der Waals surface area contributed by atoms with Crippen LogP contribution in [0.5, 0.6) is 0 Å². The molecule has 1 amide bonds. The molecule has 6 heteroatoms. The van der Waals surface area contributed by atoms with Crippen molar-refractivity contribution >= 4 is 12.1 Å². The van der Waals surface area contributed by atoms with E-state index in [0.29, 0.717) is 25.8 Å². The summed E-state index contributed by atoms with van der Waals surface area (Å²) in [6.45, 7) is 0.498. The van der Waals surface area contributed by atoms with Crippen molar-refractivity contribution in [3.63, 3.8) is 0 Å². The molecule has 6 nitrogen and oxygen atoms in total. The average Bonchev–Trinajstić information content (AvgIpc) is 3.00. The second-order valence-electron chi connectivity index (χ2n) is 3.97. The number of amides is 1. The number of unbranched alkanes of at least 4 members (excludes halogenated alkanes) is 1. The van der Waals surface area contributed by atoms with Gasteiger partial charge in [0.15, 0.2) is 0 Å². The van der Waals surface area contributed by atoms with E-state index in [1.165, 1.54) is 0 Å². The maximum absolute atomic E-state index is 11.0. The number of carboxylic acids is 1. The molecule has 0 saturated heterocycles. The molecule has 0 unspecified atom stereocenters. The van der Waals surface area contributed by atoms with Crippen molar-refractivity contribution in [1.82, 2.24) is 5.32 Å². The number of aliphatic carboxylic acids is 1. The number of nitrogens with two attached hydrogens (primary N) is 1. The molecule has 92 valence electrons. The maximum Gasteiger partial charge on any atom is 0.407 e. The lowest BCUT2D eigenvalue weighted by molar-refractivity contribution is -0.138. The van der Waals surface area contributed by atoms with Crippen molar-refractivity contribution in [2.45, 2.75) is 44.2 Å². The monoisotopic (exact) mass is 230 g/mol. The molecule has 1 aliphatic rings. The minimum Gasteiger partial charge on any atom is -0.480 e. The standard InChI is InChI=1S/C10H18N2O4/c11-8(9(13)14)3-1-2-6-12-10(15)16-7-4-5-7/h7-8H,1-6,11H2,(H,12,15)(H,13,14)/t8-/m0/s1. The third-order valence-electron chi connectivity index (χ3n) is 2.33. The number of nitrogens with one attached hydrogen (secondary N) is 1. The lowest BCUT2D eigenvalue weighted by Crippen LogP contribution is -2.30. The summed E-state index contributed by atoms with van der Waals surface area (Å²) >= 11 is 0. The second-order valence-corrected chi connectivity index (χ2v) is 3.97. The van der Waals surface area contributed by atoms with Crippen LogP contribution in [0.3, 0.4) is 0 Å². The van der Waals surface area contributed by atoms with Gasteiger partial charge in [-0.25, -0.2) is 4.79 Å². The Labute approximate surface area is 94.1 Å². The fourth-order valence-electron chi connectivity index (χ4n) is 1.18. The predicted molar refractivity (Wildman–Crippen MR) is 57.0 cm³/mol. The molecule has 0 radical (unpaired) electrons. The van der Waals surface area contributed by atoms with Crippen molar-refractivity contribution in [3.8, 4) is 0 Å².